The van der Waals surface area contributed by atoms with E-state index in [0.717, 1.165) is 48.0 Å². The molecule has 0 spiro atoms. The highest BCUT2D eigenvalue weighted by molar-refractivity contribution is 7.90. The van der Waals surface area contributed by atoms with E-state index in [4.69, 9.17) is 4.74 Å². The number of piperidine rings is 3. The van der Waals surface area contributed by atoms with Crippen LogP contribution < -0.4 is 14.8 Å². The molecule has 2 bridgehead atoms. The molecule has 1 aromatic heterocycles. The summed E-state index contributed by atoms with van der Waals surface area (Å²) >= 11 is 0. The van der Waals surface area contributed by atoms with E-state index in [1.165, 1.54) is 12.1 Å². The maximum absolute atomic E-state index is 13.2. The number of benzene rings is 2. The number of aromatic nitrogens is 1. The van der Waals surface area contributed by atoms with E-state index in [1.54, 1.807) is 25.4 Å². The summed E-state index contributed by atoms with van der Waals surface area (Å²) < 4.78 is 33.5. The van der Waals surface area contributed by atoms with Crippen molar-refractivity contribution in [2.45, 2.75) is 36.7 Å². The van der Waals surface area contributed by atoms with Crippen LogP contribution in [0.1, 0.15) is 30.0 Å². The Morgan fingerprint density at radius 3 is 2.68 bits per heavy atom. The molecular weight excluding hydrogens is 488 g/mol. The first kappa shape index (κ1) is 25.2. The quantitative estimate of drug-likeness (QED) is 0.454. The Hall–Kier alpha value is -3.43. The van der Waals surface area contributed by atoms with Crippen LogP contribution in [0.3, 0.4) is 0 Å². The molecule has 2 aromatic carbocycles. The topological polar surface area (TPSA) is 101 Å². The number of ether oxygens (including phenoxy) is 1. The second kappa shape index (κ2) is 10.1. The van der Waals surface area contributed by atoms with E-state index in [-0.39, 0.29) is 10.9 Å². The number of hydrogen-bond donors (Lipinski definition) is 2. The summed E-state index contributed by atoms with van der Waals surface area (Å²) in [4.78, 5) is 20.2. The molecule has 8 nitrogen and oxygen atoms in total. The second-order valence-electron chi connectivity index (χ2n) is 9.90. The number of nitrogens with zero attached hydrogens (tertiary/aromatic N) is 2. The number of sulfonamides is 1. The van der Waals surface area contributed by atoms with Crippen molar-refractivity contribution in [3.63, 3.8) is 0 Å². The molecule has 3 fully saturated rings. The third kappa shape index (κ3) is 5.06. The molecule has 3 aliphatic heterocycles. The van der Waals surface area contributed by atoms with Crippen LogP contribution in [0, 0.1) is 18.8 Å². The third-order valence-electron chi connectivity index (χ3n) is 7.70. The van der Waals surface area contributed by atoms with Crippen LogP contribution in [0.15, 0.2) is 72.3 Å². The van der Waals surface area contributed by atoms with E-state index in [0.29, 0.717) is 17.6 Å². The largest absolute Gasteiger partial charge is 0.497 e. The molecule has 3 saturated heterocycles. The summed E-state index contributed by atoms with van der Waals surface area (Å²) in [6.45, 7) is 7.68. The van der Waals surface area contributed by atoms with Crippen LogP contribution in [0.25, 0.3) is 10.9 Å². The number of methoxy groups -OCH3 is 1. The first-order valence-corrected chi connectivity index (χ1v) is 14.0. The number of amides is 2. The van der Waals surface area contributed by atoms with Gasteiger partial charge in [-0.15, -0.1) is 6.58 Å². The maximum atomic E-state index is 13.2. The molecule has 6 rings (SSSR count). The van der Waals surface area contributed by atoms with Crippen molar-refractivity contribution in [1.82, 2.24) is 19.9 Å². The summed E-state index contributed by atoms with van der Waals surface area (Å²) in [7, 11) is -2.42. The second-order valence-corrected chi connectivity index (χ2v) is 11.6. The number of carbonyl (C=O) groups excluding carboxylic acids is 1. The smallest absolute Gasteiger partial charge is 0.329 e. The Balaban J connectivity index is 1.50. The van der Waals surface area contributed by atoms with Gasteiger partial charge in [0.1, 0.15) is 5.75 Å². The van der Waals surface area contributed by atoms with Gasteiger partial charge in [-0.3, -0.25) is 9.88 Å². The highest BCUT2D eigenvalue weighted by atomic mass is 32.2. The van der Waals surface area contributed by atoms with Gasteiger partial charge in [0, 0.05) is 24.2 Å². The van der Waals surface area contributed by atoms with Gasteiger partial charge in [-0.2, -0.15) is 0 Å². The van der Waals surface area contributed by atoms with Gasteiger partial charge in [0.2, 0.25) is 0 Å². The lowest BCUT2D eigenvalue weighted by Gasteiger charge is -2.51. The lowest BCUT2D eigenvalue weighted by atomic mass is 9.73. The Labute approximate surface area is 217 Å². The minimum absolute atomic E-state index is 0.000389. The van der Waals surface area contributed by atoms with Crippen LogP contribution in [0.5, 0.6) is 5.75 Å². The van der Waals surface area contributed by atoms with Crippen LogP contribution in [0.2, 0.25) is 0 Å². The fraction of sp³-hybridized carbons (Fsp3) is 0.357. The Kier molecular flexibility index (Phi) is 6.92. The normalized spacial score (nSPS) is 23.8. The van der Waals surface area contributed by atoms with E-state index in [9.17, 15) is 13.2 Å². The van der Waals surface area contributed by atoms with Crippen molar-refractivity contribution < 1.29 is 17.9 Å². The summed E-state index contributed by atoms with van der Waals surface area (Å²) in [5, 5.41) is 3.88. The van der Waals surface area contributed by atoms with Crippen LogP contribution >= 0.6 is 0 Å². The van der Waals surface area contributed by atoms with Gasteiger partial charge in [0.15, 0.2) is 0 Å². The zero-order chi connectivity index (χ0) is 26.2. The van der Waals surface area contributed by atoms with E-state index in [2.05, 4.69) is 26.5 Å². The van der Waals surface area contributed by atoms with Crippen molar-refractivity contribution in [1.29, 1.82) is 0 Å². The lowest BCUT2D eigenvalue weighted by molar-refractivity contribution is 0.00323. The highest BCUT2D eigenvalue weighted by Gasteiger charge is 2.43. The number of fused-ring (bicyclic) bond motifs is 4. The maximum Gasteiger partial charge on any atom is 0.329 e. The van der Waals surface area contributed by atoms with Gasteiger partial charge in [0.25, 0.3) is 10.0 Å². The SMILES string of the molecule is C=C[C@H]1CN2CC[C@H]1C[C@@H]2[C@@H](NC(=O)NS(=O)(=O)c1ccc(C)cc1)c1ccnc2ccc(OC)cc12. The van der Waals surface area contributed by atoms with Gasteiger partial charge in [0.05, 0.1) is 23.6 Å². The monoisotopic (exact) mass is 520 g/mol. The molecule has 194 valence electrons. The molecule has 37 heavy (non-hydrogen) atoms. The minimum atomic E-state index is -4.03. The van der Waals surface area contributed by atoms with Crippen LogP contribution in [-0.4, -0.2) is 50.6 Å². The average molecular weight is 521 g/mol. The summed E-state index contributed by atoms with van der Waals surface area (Å²) in [6.07, 6.45) is 5.71. The standard InChI is InChI=1S/C28H32N4O4S/c1-4-19-17-32-14-12-20(19)15-26(32)27(23-11-13-29-25-10-7-21(36-3)16-24(23)25)30-28(33)31-37(34,35)22-8-5-18(2)6-9-22/h4-11,13,16,19-20,26-27H,1,12,14-15,17H2,2-3H3,(H2,30,31,33)/t19-,20-,26+,27-/m0/s1. The van der Waals surface area contributed by atoms with Gasteiger partial charge in [-0.05, 0) is 80.1 Å². The van der Waals surface area contributed by atoms with Crippen molar-refractivity contribution >= 4 is 27.0 Å². The predicted octanol–water partition coefficient (Wildman–Crippen LogP) is 4.18. The first-order valence-electron chi connectivity index (χ1n) is 12.5. The molecule has 5 atom stereocenters. The van der Waals surface area contributed by atoms with Crippen molar-refractivity contribution in [3.05, 3.63) is 78.5 Å². The van der Waals surface area contributed by atoms with Gasteiger partial charge in [-0.1, -0.05) is 23.8 Å². The van der Waals surface area contributed by atoms with Gasteiger partial charge in [-0.25, -0.2) is 17.9 Å². The number of pyridine rings is 1. The van der Waals surface area contributed by atoms with E-state index in [1.807, 2.05) is 37.3 Å². The number of rotatable bonds is 7. The van der Waals surface area contributed by atoms with Crippen molar-refractivity contribution in [3.8, 4) is 5.75 Å². The molecule has 2 N–H and O–H groups in total. The minimum Gasteiger partial charge on any atom is -0.497 e. The highest BCUT2D eigenvalue weighted by Crippen LogP contribution is 2.42. The molecule has 9 heteroatoms. The number of nitrogens with one attached hydrogen (secondary N) is 2. The molecule has 0 aliphatic carbocycles. The molecular formula is C28H32N4O4S. The van der Waals surface area contributed by atoms with Crippen LogP contribution in [-0.2, 0) is 10.0 Å². The molecule has 3 aromatic rings. The summed E-state index contributed by atoms with van der Waals surface area (Å²) in [6, 6.07) is 12.7. The average Bonchev–Trinajstić information content (AvgIpc) is 2.91. The predicted molar refractivity (Wildman–Crippen MR) is 143 cm³/mol. The zero-order valence-corrected chi connectivity index (χ0v) is 21.9. The summed E-state index contributed by atoms with van der Waals surface area (Å²) in [5.41, 5.74) is 2.58. The number of aryl methyl sites for hydroxylation is 1. The molecule has 4 heterocycles. The Morgan fingerprint density at radius 2 is 2.00 bits per heavy atom. The van der Waals surface area contributed by atoms with Gasteiger partial charge >= 0.3 is 6.03 Å². The third-order valence-corrected chi connectivity index (χ3v) is 9.05. The molecule has 2 amide bonds. The summed E-state index contributed by atoms with van der Waals surface area (Å²) in [5.74, 6) is 1.57. The number of carbonyl (C=O) groups is 1. The molecule has 0 radical (unpaired) electrons. The fourth-order valence-electron chi connectivity index (χ4n) is 5.72. The number of hydrogen-bond acceptors (Lipinski definition) is 6. The van der Waals surface area contributed by atoms with Crippen molar-refractivity contribution in [2.24, 2.45) is 11.8 Å². The fourth-order valence-corrected chi connectivity index (χ4v) is 6.63. The molecule has 0 saturated carbocycles. The Morgan fingerprint density at radius 1 is 1.22 bits per heavy atom. The zero-order valence-electron chi connectivity index (χ0n) is 21.1. The van der Waals surface area contributed by atoms with E-state index >= 15 is 0 Å². The molecule has 3 aliphatic rings. The van der Waals surface area contributed by atoms with Gasteiger partial charge < -0.3 is 10.1 Å². The first-order chi connectivity index (χ1) is 17.8. The van der Waals surface area contributed by atoms with Crippen LogP contribution in [0.4, 0.5) is 4.79 Å². The number of urea groups is 1. The lowest BCUT2D eigenvalue weighted by Crippen LogP contribution is -2.58. The Bertz CT molecular complexity index is 1420. The van der Waals surface area contributed by atoms with E-state index < -0.39 is 22.1 Å². The van der Waals surface area contributed by atoms with Crippen molar-refractivity contribution in [2.75, 3.05) is 20.2 Å². The molecule has 1 unspecified atom stereocenters.